The van der Waals surface area contributed by atoms with Crippen molar-refractivity contribution < 1.29 is 0 Å². The fourth-order valence-electron chi connectivity index (χ4n) is 6.38. The first-order chi connectivity index (χ1) is 21.8. The largest absolute Gasteiger partial charge is 0.278 e. The number of benzene rings is 6. The predicted molar refractivity (Wildman–Crippen MR) is 186 cm³/mol. The van der Waals surface area contributed by atoms with Crippen molar-refractivity contribution in [1.82, 2.24) is 14.5 Å². The van der Waals surface area contributed by atoms with Gasteiger partial charge in [-0.05, 0) is 41.5 Å². The molecule has 0 unspecified atom stereocenters. The summed E-state index contributed by atoms with van der Waals surface area (Å²) in [5.74, 6) is 0.663. The highest BCUT2D eigenvalue weighted by atomic mass is 32.1. The van der Waals surface area contributed by atoms with Crippen LogP contribution in [0.25, 0.3) is 81.6 Å². The van der Waals surface area contributed by atoms with Crippen LogP contribution in [0.15, 0.2) is 152 Å². The summed E-state index contributed by atoms with van der Waals surface area (Å²) in [6, 6.07) is 53.5. The van der Waals surface area contributed by atoms with Crippen LogP contribution in [0, 0.1) is 0 Å². The van der Waals surface area contributed by atoms with Gasteiger partial charge in [-0.25, -0.2) is 9.97 Å². The molecule has 206 valence electrons. The van der Waals surface area contributed by atoms with E-state index < -0.39 is 0 Å². The summed E-state index contributed by atoms with van der Waals surface area (Å²) in [6.45, 7) is 0. The Morgan fingerprint density at radius 2 is 1.05 bits per heavy atom. The minimum absolute atomic E-state index is 0.663. The maximum absolute atomic E-state index is 5.17. The SMILES string of the molecule is c1ccc(-c2cc(-c3ccccc3)nc(-n3c4ccccc4c4cc(-c5cccc6c5sc5ccccc56)ccc43)n2)cc1. The van der Waals surface area contributed by atoms with E-state index in [1.54, 1.807) is 0 Å². The van der Waals surface area contributed by atoms with Crippen LogP contribution in [0.2, 0.25) is 0 Å². The molecule has 0 atom stereocenters. The van der Waals surface area contributed by atoms with Gasteiger partial charge >= 0.3 is 0 Å². The lowest BCUT2D eigenvalue weighted by atomic mass is 10.0. The fraction of sp³-hybridized carbons (Fsp3) is 0. The van der Waals surface area contributed by atoms with Gasteiger partial charge in [0.15, 0.2) is 0 Å². The fourth-order valence-corrected chi connectivity index (χ4v) is 7.62. The Labute approximate surface area is 258 Å². The van der Waals surface area contributed by atoms with Crippen molar-refractivity contribution >= 4 is 53.3 Å². The van der Waals surface area contributed by atoms with Crippen LogP contribution in [0.5, 0.6) is 0 Å². The zero-order valence-electron chi connectivity index (χ0n) is 23.7. The smallest absolute Gasteiger partial charge is 0.235 e. The predicted octanol–water partition coefficient (Wildman–Crippen LogP) is 10.9. The lowest BCUT2D eigenvalue weighted by Crippen LogP contribution is -2.03. The molecule has 0 bridgehead atoms. The monoisotopic (exact) mass is 579 g/mol. The second kappa shape index (κ2) is 10.0. The number of nitrogens with zero attached hydrogens (tertiary/aromatic N) is 3. The molecule has 9 rings (SSSR count). The van der Waals surface area contributed by atoms with E-state index in [-0.39, 0.29) is 0 Å². The highest BCUT2D eigenvalue weighted by Crippen LogP contribution is 2.41. The van der Waals surface area contributed by atoms with E-state index >= 15 is 0 Å². The molecule has 0 radical (unpaired) electrons. The lowest BCUT2D eigenvalue weighted by molar-refractivity contribution is 0.995. The minimum atomic E-state index is 0.663. The van der Waals surface area contributed by atoms with Crippen LogP contribution in [0.3, 0.4) is 0 Å². The molecule has 3 aromatic heterocycles. The van der Waals surface area contributed by atoms with Crippen LogP contribution in [0.4, 0.5) is 0 Å². The van der Waals surface area contributed by atoms with E-state index in [0.29, 0.717) is 5.95 Å². The van der Waals surface area contributed by atoms with Gasteiger partial charge < -0.3 is 0 Å². The first kappa shape index (κ1) is 25.0. The zero-order valence-corrected chi connectivity index (χ0v) is 24.5. The third-order valence-corrected chi connectivity index (χ3v) is 9.66. The van der Waals surface area contributed by atoms with Crippen LogP contribution >= 0.6 is 11.3 Å². The van der Waals surface area contributed by atoms with Crippen LogP contribution in [-0.4, -0.2) is 14.5 Å². The van der Waals surface area contributed by atoms with Crippen molar-refractivity contribution in [1.29, 1.82) is 0 Å². The van der Waals surface area contributed by atoms with Crippen molar-refractivity contribution in [3.63, 3.8) is 0 Å². The van der Waals surface area contributed by atoms with Crippen molar-refractivity contribution in [2.45, 2.75) is 0 Å². The van der Waals surface area contributed by atoms with E-state index in [1.165, 1.54) is 42.1 Å². The summed E-state index contributed by atoms with van der Waals surface area (Å²) in [5.41, 5.74) is 8.56. The number of rotatable bonds is 4. The van der Waals surface area contributed by atoms with Crippen molar-refractivity contribution in [3.8, 4) is 39.6 Å². The van der Waals surface area contributed by atoms with Gasteiger partial charge in [-0.1, -0.05) is 121 Å². The summed E-state index contributed by atoms with van der Waals surface area (Å²) < 4.78 is 4.85. The molecule has 0 aliphatic rings. The number of fused-ring (bicyclic) bond motifs is 6. The molecule has 4 heteroatoms. The quantitative estimate of drug-likeness (QED) is 0.208. The Hall–Kier alpha value is -5.58. The average Bonchev–Trinajstić information content (AvgIpc) is 3.64. The van der Waals surface area contributed by atoms with E-state index in [1.807, 2.05) is 23.5 Å². The number of aromatic nitrogens is 3. The molecule has 0 spiro atoms. The molecule has 6 aromatic carbocycles. The summed E-state index contributed by atoms with van der Waals surface area (Å²) in [5, 5.41) is 5.00. The van der Waals surface area contributed by atoms with Crippen molar-refractivity contribution in [3.05, 3.63) is 152 Å². The van der Waals surface area contributed by atoms with E-state index in [2.05, 4.69) is 144 Å². The van der Waals surface area contributed by atoms with Gasteiger partial charge in [-0.2, -0.15) is 0 Å². The third kappa shape index (κ3) is 3.96. The van der Waals surface area contributed by atoms with Crippen molar-refractivity contribution in [2.24, 2.45) is 0 Å². The zero-order chi connectivity index (χ0) is 29.0. The molecule has 0 amide bonds. The van der Waals surface area contributed by atoms with Gasteiger partial charge in [-0.15, -0.1) is 11.3 Å². The molecule has 9 aromatic rings. The molecule has 44 heavy (non-hydrogen) atoms. The summed E-state index contributed by atoms with van der Waals surface area (Å²) >= 11 is 1.87. The number of para-hydroxylation sites is 1. The van der Waals surface area contributed by atoms with Gasteiger partial charge in [-0.3, -0.25) is 4.57 Å². The standard InChI is InChI=1S/C40H25N3S/c1-3-12-26(13-4-1)34-25-35(27-14-5-2-6-15-27)42-40(41-34)43-36-20-9-7-16-30(36)33-24-28(22-23-37(33)43)29-18-11-19-32-31-17-8-10-21-38(31)44-39(29)32/h1-25H. The molecule has 0 aliphatic heterocycles. The van der Waals surface area contributed by atoms with Crippen LogP contribution in [-0.2, 0) is 0 Å². The Kier molecular flexibility index (Phi) is 5.68. The second-order valence-corrected chi connectivity index (χ2v) is 12.1. The molecule has 0 N–H and O–H groups in total. The Balaban J connectivity index is 1.30. The number of hydrogen-bond donors (Lipinski definition) is 0. The highest BCUT2D eigenvalue weighted by Gasteiger charge is 2.18. The lowest BCUT2D eigenvalue weighted by Gasteiger charge is -2.12. The average molecular weight is 580 g/mol. The highest BCUT2D eigenvalue weighted by molar-refractivity contribution is 7.26. The minimum Gasteiger partial charge on any atom is -0.278 e. The molecular weight excluding hydrogens is 555 g/mol. The summed E-state index contributed by atoms with van der Waals surface area (Å²) in [6.07, 6.45) is 0. The first-order valence-corrected chi connectivity index (χ1v) is 15.6. The normalized spacial score (nSPS) is 11.6. The maximum Gasteiger partial charge on any atom is 0.235 e. The van der Waals surface area contributed by atoms with Crippen LogP contribution in [0.1, 0.15) is 0 Å². The molecule has 0 saturated heterocycles. The van der Waals surface area contributed by atoms with Gasteiger partial charge in [0.1, 0.15) is 0 Å². The Morgan fingerprint density at radius 3 is 1.80 bits per heavy atom. The van der Waals surface area contributed by atoms with Gasteiger partial charge in [0, 0.05) is 42.1 Å². The molecule has 3 nitrogen and oxygen atoms in total. The van der Waals surface area contributed by atoms with Gasteiger partial charge in [0.25, 0.3) is 0 Å². The topological polar surface area (TPSA) is 30.7 Å². The first-order valence-electron chi connectivity index (χ1n) is 14.8. The summed E-state index contributed by atoms with van der Waals surface area (Å²) in [4.78, 5) is 10.3. The summed E-state index contributed by atoms with van der Waals surface area (Å²) in [7, 11) is 0. The molecule has 3 heterocycles. The third-order valence-electron chi connectivity index (χ3n) is 8.44. The van der Waals surface area contributed by atoms with E-state index in [4.69, 9.17) is 9.97 Å². The maximum atomic E-state index is 5.17. The molecule has 0 fully saturated rings. The van der Waals surface area contributed by atoms with E-state index in [9.17, 15) is 0 Å². The molecule has 0 aliphatic carbocycles. The second-order valence-electron chi connectivity index (χ2n) is 11.0. The Bertz CT molecular complexity index is 2430. The van der Waals surface area contributed by atoms with Crippen molar-refractivity contribution in [2.75, 3.05) is 0 Å². The van der Waals surface area contributed by atoms with Gasteiger partial charge in [0.05, 0.1) is 22.4 Å². The van der Waals surface area contributed by atoms with Crippen LogP contribution < -0.4 is 0 Å². The van der Waals surface area contributed by atoms with E-state index in [0.717, 1.165) is 33.5 Å². The molecule has 0 saturated carbocycles. The Morgan fingerprint density at radius 1 is 0.432 bits per heavy atom. The number of thiophene rings is 1. The molecular formula is C40H25N3S. The van der Waals surface area contributed by atoms with Gasteiger partial charge in [0.2, 0.25) is 5.95 Å². The number of hydrogen-bond acceptors (Lipinski definition) is 3.